The van der Waals surface area contributed by atoms with Crippen LogP contribution < -0.4 is 15.4 Å². The van der Waals surface area contributed by atoms with E-state index in [1.54, 1.807) is 0 Å². The fourth-order valence-electron chi connectivity index (χ4n) is 2.48. The second-order valence-corrected chi connectivity index (χ2v) is 6.28. The minimum absolute atomic E-state index is 0.0239. The molecule has 5 nitrogen and oxygen atoms in total. The molecule has 25 heavy (non-hydrogen) atoms. The zero-order chi connectivity index (χ0) is 17.6. The van der Waals surface area contributed by atoms with E-state index in [0.717, 1.165) is 24.1 Å². The Morgan fingerprint density at radius 1 is 1.08 bits per heavy atom. The summed E-state index contributed by atoms with van der Waals surface area (Å²) in [4.78, 5) is 23.7. The molecule has 0 radical (unpaired) electrons. The van der Waals surface area contributed by atoms with Gasteiger partial charge in [0.25, 0.3) is 5.91 Å². The number of carbonyl (C=O) groups is 2. The number of hydrogen-bond acceptors (Lipinski definition) is 3. The molecule has 2 amide bonds. The SMILES string of the molecule is CC(NC(=O)COc1ccccc1)c1ccc(NC(=O)C2CC2)cc1. The zero-order valence-electron chi connectivity index (χ0n) is 14.2. The lowest BCUT2D eigenvalue weighted by Crippen LogP contribution is -2.31. The molecule has 1 unspecified atom stereocenters. The number of benzene rings is 2. The highest BCUT2D eigenvalue weighted by Crippen LogP contribution is 2.30. The van der Waals surface area contributed by atoms with Gasteiger partial charge in [-0.15, -0.1) is 0 Å². The molecule has 1 aliphatic rings. The van der Waals surface area contributed by atoms with Crippen LogP contribution >= 0.6 is 0 Å². The maximum atomic E-state index is 12.0. The lowest BCUT2D eigenvalue weighted by atomic mass is 10.1. The summed E-state index contributed by atoms with van der Waals surface area (Å²) in [5, 5.41) is 5.81. The first-order chi connectivity index (χ1) is 12.1. The summed E-state index contributed by atoms with van der Waals surface area (Å²) in [5.74, 6) is 0.762. The number of amides is 2. The van der Waals surface area contributed by atoms with E-state index >= 15 is 0 Å². The molecule has 0 aromatic heterocycles. The van der Waals surface area contributed by atoms with Crippen molar-refractivity contribution in [1.82, 2.24) is 5.32 Å². The molecule has 1 saturated carbocycles. The maximum Gasteiger partial charge on any atom is 0.258 e. The van der Waals surface area contributed by atoms with E-state index in [0.29, 0.717) is 5.75 Å². The fraction of sp³-hybridized carbons (Fsp3) is 0.300. The van der Waals surface area contributed by atoms with Crippen molar-refractivity contribution >= 4 is 17.5 Å². The molecular formula is C20H22N2O3. The highest BCUT2D eigenvalue weighted by molar-refractivity contribution is 5.94. The van der Waals surface area contributed by atoms with Crippen molar-refractivity contribution in [2.45, 2.75) is 25.8 Å². The van der Waals surface area contributed by atoms with Crippen LogP contribution in [0.15, 0.2) is 54.6 Å². The van der Waals surface area contributed by atoms with Crippen molar-refractivity contribution in [3.8, 4) is 5.75 Å². The van der Waals surface area contributed by atoms with Crippen LogP contribution in [0.1, 0.15) is 31.4 Å². The average molecular weight is 338 g/mol. The number of para-hydroxylation sites is 1. The molecule has 5 heteroatoms. The monoisotopic (exact) mass is 338 g/mol. The molecule has 2 aromatic rings. The van der Waals surface area contributed by atoms with Gasteiger partial charge in [-0.05, 0) is 49.6 Å². The summed E-state index contributed by atoms with van der Waals surface area (Å²) in [6.45, 7) is 1.89. The normalized spacial score (nSPS) is 14.4. The number of rotatable bonds is 7. The van der Waals surface area contributed by atoms with Gasteiger partial charge in [0.2, 0.25) is 5.91 Å². The Balaban J connectivity index is 1.47. The third-order valence-corrected chi connectivity index (χ3v) is 4.12. The highest BCUT2D eigenvalue weighted by Gasteiger charge is 2.29. The standard InChI is InChI=1S/C20H22N2O3/c1-14(21-19(23)13-25-18-5-3-2-4-6-18)15-9-11-17(12-10-15)22-20(24)16-7-8-16/h2-6,9-12,14,16H,7-8,13H2,1H3,(H,21,23)(H,22,24). The van der Waals surface area contributed by atoms with E-state index in [1.165, 1.54) is 0 Å². The second kappa shape index (κ2) is 7.83. The quantitative estimate of drug-likeness (QED) is 0.814. The van der Waals surface area contributed by atoms with Gasteiger partial charge in [-0.2, -0.15) is 0 Å². The Kier molecular flexibility index (Phi) is 5.33. The third-order valence-electron chi connectivity index (χ3n) is 4.12. The highest BCUT2D eigenvalue weighted by atomic mass is 16.5. The third kappa shape index (κ3) is 5.08. The smallest absolute Gasteiger partial charge is 0.258 e. The molecule has 1 aliphatic carbocycles. The minimum Gasteiger partial charge on any atom is -0.484 e. The summed E-state index contributed by atoms with van der Waals surface area (Å²) >= 11 is 0. The predicted octanol–water partition coefficient (Wildman–Crippen LogP) is 3.29. The summed E-state index contributed by atoms with van der Waals surface area (Å²) < 4.78 is 5.44. The summed E-state index contributed by atoms with van der Waals surface area (Å²) in [7, 11) is 0. The van der Waals surface area contributed by atoms with Crippen LogP contribution in [0.2, 0.25) is 0 Å². The van der Waals surface area contributed by atoms with Gasteiger partial charge >= 0.3 is 0 Å². The van der Waals surface area contributed by atoms with E-state index in [1.807, 2.05) is 61.5 Å². The van der Waals surface area contributed by atoms with Crippen molar-refractivity contribution in [1.29, 1.82) is 0 Å². The van der Waals surface area contributed by atoms with Crippen molar-refractivity contribution in [3.63, 3.8) is 0 Å². The Morgan fingerprint density at radius 3 is 2.40 bits per heavy atom. The number of carbonyl (C=O) groups excluding carboxylic acids is 2. The van der Waals surface area contributed by atoms with Crippen LogP contribution in [0.25, 0.3) is 0 Å². The fourth-order valence-corrected chi connectivity index (χ4v) is 2.48. The lowest BCUT2D eigenvalue weighted by molar-refractivity contribution is -0.123. The van der Waals surface area contributed by atoms with E-state index in [2.05, 4.69) is 10.6 Å². The Labute approximate surface area is 147 Å². The van der Waals surface area contributed by atoms with Crippen LogP contribution in [0, 0.1) is 5.92 Å². The maximum absolute atomic E-state index is 12.0. The number of nitrogens with one attached hydrogen (secondary N) is 2. The molecule has 0 saturated heterocycles. The first-order valence-corrected chi connectivity index (χ1v) is 8.50. The molecule has 1 atom stereocenters. The molecular weight excluding hydrogens is 316 g/mol. The first-order valence-electron chi connectivity index (χ1n) is 8.50. The Bertz CT molecular complexity index is 724. The average Bonchev–Trinajstić information content (AvgIpc) is 3.46. The molecule has 0 spiro atoms. The van der Waals surface area contributed by atoms with Crippen LogP contribution in [-0.4, -0.2) is 18.4 Å². The molecule has 1 fully saturated rings. The van der Waals surface area contributed by atoms with E-state index in [-0.39, 0.29) is 30.4 Å². The van der Waals surface area contributed by atoms with Crippen LogP contribution in [0.5, 0.6) is 5.75 Å². The van der Waals surface area contributed by atoms with Crippen molar-refractivity contribution < 1.29 is 14.3 Å². The molecule has 3 rings (SSSR count). The Hall–Kier alpha value is -2.82. The Morgan fingerprint density at radius 2 is 1.76 bits per heavy atom. The zero-order valence-corrected chi connectivity index (χ0v) is 14.2. The van der Waals surface area contributed by atoms with Crippen molar-refractivity contribution in [3.05, 3.63) is 60.2 Å². The van der Waals surface area contributed by atoms with Gasteiger partial charge in [-0.25, -0.2) is 0 Å². The van der Waals surface area contributed by atoms with Crippen LogP contribution in [0.4, 0.5) is 5.69 Å². The van der Waals surface area contributed by atoms with Gasteiger partial charge in [0.1, 0.15) is 5.75 Å². The lowest BCUT2D eigenvalue weighted by Gasteiger charge is -2.15. The number of anilines is 1. The van der Waals surface area contributed by atoms with Crippen LogP contribution in [-0.2, 0) is 9.59 Å². The van der Waals surface area contributed by atoms with Crippen molar-refractivity contribution in [2.75, 3.05) is 11.9 Å². The van der Waals surface area contributed by atoms with E-state index in [9.17, 15) is 9.59 Å². The molecule has 0 aliphatic heterocycles. The topological polar surface area (TPSA) is 67.4 Å². The van der Waals surface area contributed by atoms with Crippen molar-refractivity contribution in [2.24, 2.45) is 5.92 Å². The molecule has 0 bridgehead atoms. The molecule has 2 aromatic carbocycles. The van der Waals surface area contributed by atoms with Gasteiger partial charge in [0, 0.05) is 11.6 Å². The molecule has 2 N–H and O–H groups in total. The minimum atomic E-state index is -0.178. The number of hydrogen-bond donors (Lipinski definition) is 2. The predicted molar refractivity (Wildman–Crippen MR) is 96.3 cm³/mol. The van der Waals surface area contributed by atoms with Gasteiger partial charge in [0.05, 0.1) is 6.04 Å². The largest absolute Gasteiger partial charge is 0.484 e. The van der Waals surface area contributed by atoms with Gasteiger partial charge < -0.3 is 15.4 Å². The second-order valence-electron chi connectivity index (χ2n) is 6.28. The van der Waals surface area contributed by atoms with E-state index in [4.69, 9.17) is 4.74 Å². The van der Waals surface area contributed by atoms with Gasteiger partial charge in [-0.3, -0.25) is 9.59 Å². The van der Waals surface area contributed by atoms with Gasteiger partial charge in [0.15, 0.2) is 6.61 Å². The summed E-state index contributed by atoms with van der Waals surface area (Å²) in [6.07, 6.45) is 1.97. The summed E-state index contributed by atoms with van der Waals surface area (Å²) in [5.41, 5.74) is 1.75. The molecule has 0 heterocycles. The number of ether oxygens (including phenoxy) is 1. The first kappa shape index (κ1) is 17.0. The van der Waals surface area contributed by atoms with Gasteiger partial charge in [-0.1, -0.05) is 30.3 Å². The molecule has 130 valence electrons. The summed E-state index contributed by atoms with van der Waals surface area (Å²) in [6, 6.07) is 16.6. The van der Waals surface area contributed by atoms with Crippen LogP contribution in [0.3, 0.4) is 0 Å². The van der Waals surface area contributed by atoms with E-state index < -0.39 is 0 Å².